The topological polar surface area (TPSA) is 41.6 Å². The molecule has 0 bridgehead atoms. The second kappa shape index (κ2) is 6.65. The van der Waals surface area contributed by atoms with Crippen LogP contribution in [0.25, 0.3) is 0 Å². The molecule has 0 aliphatic carbocycles. The van der Waals surface area contributed by atoms with E-state index in [2.05, 4.69) is 5.32 Å². The second-order valence-electron chi connectivity index (χ2n) is 6.55. The Labute approximate surface area is 155 Å². The van der Waals surface area contributed by atoms with Gasteiger partial charge in [0, 0.05) is 25.1 Å². The number of benzene rings is 1. The van der Waals surface area contributed by atoms with Crippen LogP contribution in [-0.2, 0) is 0 Å². The van der Waals surface area contributed by atoms with Crippen LogP contribution in [0.1, 0.15) is 24.4 Å². The van der Waals surface area contributed by atoms with Gasteiger partial charge < -0.3 is 15.0 Å². The lowest BCUT2D eigenvalue weighted by Crippen LogP contribution is -2.53. The molecular weight excluding hydrogens is 402 g/mol. The first-order chi connectivity index (χ1) is 12.5. The van der Waals surface area contributed by atoms with E-state index in [1.807, 2.05) is 0 Å². The molecule has 0 spiro atoms. The molecule has 4 nitrogen and oxygen atoms in total. The van der Waals surface area contributed by atoms with Gasteiger partial charge in [0.2, 0.25) is 0 Å². The third-order valence-corrected chi connectivity index (χ3v) is 5.26. The smallest absolute Gasteiger partial charge is 0.404 e. The number of carbonyl (C=O) groups excluding carboxylic acids is 1. The molecule has 0 unspecified atom stereocenters. The number of nitrogens with one attached hydrogen (secondary N) is 1. The Hall–Kier alpha value is -1.84. The molecule has 1 N–H and O–H groups in total. The van der Waals surface area contributed by atoms with Crippen LogP contribution in [0.4, 0.5) is 31.1 Å². The number of amides is 2. The average Bonchev–Trinajstić information content (AvgIpc) is 3.02. The van der Waals surface area contributed by atoms with Gasteiger partial charge in [-0.15, -0.1) is 0 Å². The first kappa shape index (κ1) is 19.9. The Bertz CT molecular complexity index is 723. The number of hydrogen-bond acceptors (Lipinski definition) is 2. The van der Waals surface area contributed by atoms with Crippen molar-refractivity contribution in [1.29, 1.82) is 0 Å². The maximum atomic E-state index is 13.1. The standard InChI is InChI=1S/C16H15ClF6N2O2/c17-10-3-1-2-9-11(4-7-27-12(9)10)24-13(26)25-6-5-14(8-25,15(18,19)20)16(21,22)23/h1-3,11H,4-8H2,(H,24,26)/t11-/m0/s1. The number of hydrogen-bond donors (Lipinski definition) is 1. The fraction of sp³-hybridized carbons (Fsp3) is 0.562. The molecule has 0 aromatic heterocycles. The van der Waals surface area contributed by atoms with E-state index >= 15 is 0 Å². The van der Waals surface area contributed by atoms with E-state index in [0.29, 0.717) is 27.7 Å². The van der Waals surface area contributed by atoms with Gasteiger partial charge in [0.25, 0.3) is 0 Å². The van der Waals surface area contributed by atoms with Crippen LogP contribution in [0.3, 0.4) is 0 Å². The second-order valence-corrected chi connectivity index (χ2v) is 6.95. The first-order valence-corrected chi connectivity index (χ1v) is 8.44. The van der Waals surface area contributed by atoms with E-state index in [1.54, 1.807) is 18.2 Å². The highest BCUT2D eigenvalue weighted by atomic mass is 35.5. The maximum Gasteiger partial charge on any atom is 0.404 e. The zero-order valence-electron chi connectivity index (χ0n) is 13.8. The van der Waals surface area contributed by atoms with Crippen LogP contribution in [-0.4, -0.2) is 43.0 Å². The van der Waals surface area contributed by atoms with Crippen molar-refractivity contribution in [2.24, 2.45) is 5.41 Å². The van der Waals surface area contributed by atoms with Crippen molar-refractivity contribution >= 4 is 17.6 Å². The Morgan fingerprint density at radius 1 is 1.22 bits per heavy atom. The molecule has 2 aliphatic rings. The van der Waals surface area contributed by atoms with E-state index in [0.717, 1.165) is 0 Å². The molecule has 3 rings (SSSR count). The zero-order chi connectivity index (χ0) is 20.0. The van der Waals surface area contributed by atoms with Crippen LogP contribution in [0.5, 0.6) is 5.75 Å². The predicted octanol–water partition coefficient (Wildman–Crippen LogP) is 4.69. The fourth-order valence-corrected chi connectivity index (χ4v) is 3.62. The predicted molar refractivity (Wildman–Crippen MR) is 83.6 cm³/mol. The Morgan fingerprint density at radius 3 is 2.48 bits per heavy atom. The van der Waals surface area contributed by atoms with Gasteiger partial charge in [0.1, 0.15) is 5.75 Å². The fourth-order valence-electron chi connectivity index (χ4n) is 3.38. The normalized spacial score (nSPS) is 22.2. The monoisotopic (exact) mass is 416 g/mol. The highest BCUT2D eigenvalue weighted by molar-refractivity contribution is 6.32. The zero-order valence-corrected chi connectivity index (χ0v) is 14.5. The summed E-state index contributed by atoms with van der Waals surface area (Å²) in [5.41, 5.74) is -3.38. The summed E-state index contributed by atoms with van der Waals surface area (Å²) < 4.78 is 84.3. The van der Waals surface area contributed by atoms with E-state index in [1.165, 1.54) is 0 Å². The van der Waals surface area contributed by atoms with Crippen molar-refractivity contribution in [3.63, 3.8) is 0 Å². The van der Waals surface area contributed by atoms with Gasteiger partial charge in [-0.3, -0.25) is 0 Å². The van der Waals surface area contributed by atoms with Crippen molar-refractivity contribution in [2.75, 3.05) is 19.7 Å². The minimum Gasteiger partial charge on any atom is -0.492 e. The average molecular weight is 417 g/mol. The van der Waals surface area contributed by atoms with Crippen LogP contribution < -0.4 is 10.1 Å². The Balaban J connectivity index is 1.77. The Kier molecular flexibility index (Phi) is 4.90. The number of alkyl halides is 6. The van der Waals surface area contributed by atoms with Crippen molar-refractivity contribution in [2.45, 2.75) is 31.2 Å². The number of rotatable bonds is 1. The molecule has 0 radical (unpaired) electrons. The van der Waals surface area contributed by atoms with Crippen molar-refractivity contribution in [1.82, 2.24) is 10.2 Å². The van der Waals surface area contributed by atoms with E-state index in [4.69, 9.17) is 16.3 Å². The summed E-state index contributed by atoms with van der Waals surface area (Å²) in [5.74, 6) is 0.345. The van der Waals surface area contributed by atoms with Crippen LogP contribution in [0.2, 0.25) is 5.02 Å². The number of fused-ring (bicyclic) bond motifs is 1. The van der Waals surface area contributed by atoms with Crippen molar-refractivity contribution < 1.29 is 35.9 Å². The van der Waals surface area contributed by atoms with Gasteiger partial charge in [-0.2, -0.15) is 26.3 Å². The molecule has 1 saturated heterocycles. The molecule has 2 heterocycles. The van der Waals surface area contributed by atoms with Crippen molar-refractivity contribution in [3.8, 4) is 5.75 Å². The number of likely N-dealkylation sites (tertiary alicyclic amines) is 1. The molecule has 2 aliphatic heterocycles. The number of para-hydroxylation sites is 1. The highest BCUT2D eigenvalue weighted by Crippen LogP contribution is 2.55. The van der Waals surface area contributed by atoms with Crippen LogP contribution in [0, 0.1) is 5.41 Å². The summed E-state index contributed by atoms with van der Waals surface area (Å²) in [6, 6.07) is 3.22. The van der Waals surface area contributed by atoms with Crippen LogP contribution in [0.15, 0.2) is 18.2 Å². The lowest BCUT2D eigenvalue weighted by atomic mass is 9.85. The Morgan fingerprint density at radius 2 is 1.89 bits per heavy atom. The minimum atomic E-state index is -5.50. The van der Waals surface area contributed by atoms with Gasteiger partial charge in [-0.1, -0.05) is 23.7 Å². The van der Waals surface area contributed by atoms with Gasteiger partial charge in [0.15, 0.2) is 5.41 Å². The summed E-state index contributed by atoms with van der Waals surface area (Å²) in [4.78, 5) is 12.9. The minimum absolute atomic E-state index is 0.205. The van der Waals surface area contributed by atoms with Gasteiger partial charge in [0.05, 0.1) is 17.7 Å². The summed E-state index contributed by atoms with van der Waals surface area (Å²) in [6.45, 7) is -1.90. The molecular formula is C16H15ClF6N2O2. The lowest BCUT2D eigenvalue weighted by Gasteiger charge is -2.34. The maximum absolute atomic E-state index is 13.1. The number of ether oxygens (including phenoxy) is 1. The summed E-state index contributed by atoms with van der Waals surface area (Å²) in [6.07, 6.45) is -11.9. The quantitative estimate of drug-likeness (QED) is 0.675. The summed E-state index contributed by atoms with van der Waals surface area (Å²) >= 11 is 6.01. The summed E-state index contributed by atoms with van der Waals surface area (Å²) in [5, 5.41) is 2.80. The third-order valence-electron chi connectivity index (χ3n) is 4.97. The number of nitrogens with zero attached hydrogens (tertiary/aromatic N) is 1. The molecule has 1 aromatic rings. The molecule has 27 heavy (non-hydrogen) atoms. The SMILES string of the molecule is O=C(N[C@H]1CCOc2c(Cl)cccc21)N1CCC(C(F)(F)F)(C(F)(F)F)C1. The highest BCUT2D eigenvalue weighted by Gasteiger charge is 2.73. The molecule has 150 valence electrons. The molecule has 1 aromatic carbocycles. The van der Waals surface area contributed by atoms with Crippen LogP contribution >= 0.6 is 11.6 Å². The van der Waals surface area contributed by atoms with Gasteiger partial charge >= 0.3 is 18.4 Å². The number of carbonyl (C=O) groups is 1. The molecule has 1 fully saturated rings. The van der Waals surface area contributed by atoms with E-state index < -0.39 is 49.4 Å². The third kappa shape index (κ3) is 3.39. The van der Waals surface area contributed by atoms with Gasteiger partial charge in [-0.25, -0.2) is 4.79 Å². The number of halogens is 7. The first-order valence-electron chi connectivity index (χ1n) is 8.06. The van der Waals surface area contributed by atoms with E-state index in [-0.39, 0.29) is 6.61 Å². The lowest BCUT2D eigenvalue weighted by molar-refractivity contribution is -0.334. The largest absolute Gasteiger partial charge is 0.492 e. The molecule has 2 amide bonds. The van der Waals surface area contributed by atoms with E-state index in [9.17, 15) is 31.1 Å². The summed E-state index contributed by atoms with van der Waals surface area (Å²) in [7, 11) is 0. The van der Waals surface area contributed by atoms with Crippen molar-refractivity contribution in [3.05, 3.63) is 28.8 Å². The van der Waals surface area contributed by atoms with Gasteiger partial charge in [-0.05, 0) is 12.5 Å². The molecule has 1 atom stereocenters. The molecule has 0 saturated carbocycles. The molecule has 11 heteroatoms. The number of urea groups is 1.